The topological polar surface area (TPSA) is 23.8 Å². The van der Waals surface area contributed by atoms with Gasteiger partial charge in [-0.1, -0.05) is 12.1 Å². The average molecular weight is 199 g/mol. The lowest BCUT2D eigenvalue weighted by molar-refractivity contribution is 1.40. The van der Waals surface area contributed by atoms with Gasteiger partial charge >= 0.3 is 0 Å². The van der Waals surface area contributed by atoms with Crippen LogP contribution in [0.5, 0.6) is 0 Å². The second-order valence-electron chi connectivity index (χ2n) is 3.28. The lowest BCUT2D eigenvalue weighted by Crippen LogP contribution is -1.83. The van der Waals surface area contributed by atoms with Crippen molar-refractivity contribution in [2.24, 2.45) is 0 Å². The van der Waals surface area contributed by atoms with Crippen LogP contribution < -0.4 is 0 Å². The summed E-state index contributed by atoms with van der Waals surface area (Å²) in [4.78, 5) is 0.954. The Labute approximate surface area is 88.4 Å². The van der Waals surface area contributed by atoms with Crippen molar-refractivity contribution < 1.29 is 0 Å². The second kappa shape index (κ2) is 3.36. The normalized spacial score (nSPS) is 10.1. The number of nitriles is 1. The molecular formula is C12H9NS. The molecule has 0 aliphatic carbocycles. The first-order valence-corrected chi connectivity index (χ1v) is 4.79. The molecule has 0 fully saturated rings. The van der Waals surface area contributed by atoms with Crippen molar-refractivity contribution in [3.63, 3.8) is 0 Å². The van der Waals surface area contributed by atoms with Gasteiger partial charge in [0.25, 0.3) is 0 Å². The van der Waals surface area contributed by atoms with E-state index in [2.05, 4.69) is 18.7 Å². The van der Waals surface area contributed by atoms with E-state index in [1.165, 1.54) is 0 Å². The molecule has 0 aliphatic heterocycles. The van der Waals surface area contributed by atoms with Gasteiger partial charge in [0.2, 0.25) is 0 Å². The van der Waals surface area contributed by atoms with Gasteiger partial charge in [0.1, 0.15) is 0 Å². The van der Waals surface area contributed by atoms with Crippen LogP contribution in [-0.4, -0.2) is 0 Å². The highest BCUT2D eigenvalue weighted by Crippen LogP contribution is 2.24. The van der Waals surface area contributed by atoms with Crippen molar-refractivity contribution in [1.82, 2.24) is 0 Å². The summed E-state index contributed by atoms with van der Waals surface area (Å²) in [6.45, 7) is 1.94. The van der Waals surface area contributed by atoms with Gasteiger partial charge in [0.15, 0.2) is 0 Å². The summed E-state index contributed by atoms with van der Waals surface area (Å²) in [5.74, 6) is 0. The lowest BCUT2D eigenvalue weighted by Gasteiger charge is -2.03. The number of hydrogen-bond donors (Lipinski definition) is 1. The predicted molar refractivity (Wildman–Crippen MR) is 60.7 cm³/mol. The summed E-state index contributed by atoms with van der Waals surface area (Å²) in [6, 6.07) is 12.0. The SMILES string of the molecule is Cc1cc2c(S)cccc2cc1C#N. The largest absolute Gasteiger partial charge is 0.192 e. The third kappa shape index (κ3) is 1.36. The molecule has 0 aromatic heterocycles. The molecule has 2 heteroatoms. The highest BCUT2D eigenvalue weighted by Gasteiger charge is 2.02. The third-order valence-electron chi connectivity index (χ3n) is 2.32. The van der Waals surface area contributed by atoms with Crippen LogP contribution in [0, 0.1) is 18.3 Å². The molecule has 0 amide bonds. The third-order valence-corrected chi connectivity index (χ3v) is 2.71. The van der Waals surface area contributed by atoms with Crippen LogP contribution in [0.3, 0.4) is 0 Å². The van der Waals surface area contributed by atoms with Crippen LogP contribution >= 0.6 is 12.6 Å². The van der Waals surface area contributed by atoms with Crippen LogP contribution in [0.25, 0.3) is 10.8 Å². The van der Waals surface area contributed by atoms with E-state index in [4.69, 9.17) is 5.26 Å². The lowest BCUT2D eigenvalue weighted by atomic mass is 10.0. The molecule has 14 heavy (non-hydrogen) atoms. The van der Waals surface area contributed by atoms with Crippen molar-refractivity contribution in [2.75, 3.05) is 0 Å². The molecule has 0 spiro atoms. The maximum Gasteiger partial charge on any atom is 0.0994 e. The zero-order valence-electron chi connectivity index (χ0n) is 7.78. The quantitative estimate of drug-likeness (QED) is 0.646. The van der Waals surface area contributed by atoms with Gasteiger partial charge in [-0.15, -0.1) is 12.6 Å². The minimum absolute atomic E-state index is 0.733. The molecule has 2 aromatic carbocycles. The fraction of sp³-hybridized carbons (Fsp3) is 0.0833. The van der Waals surface area contributed by atoms with Gasteiger partial charge in [0, 0.05) is 4.90 Å². The van der Waals surface area contributed by atoms with E-state index < -0.39 is 0 Å². The fourth-order valence-electron chi connectivity index (χ4n) is 1.54. The summed E-state index contributed by atoms with van der Waals surface area (Å²) < 4.78 is 0. The molecule has 0 saturated carbocycles. The number of thiol groups is 1. The van der Waals surface area contributed by atoms with Gasteiger partial charge in [-0.25, -0.2) is 0 Å². The van der Waals surface area contributed by atoms with E-state index in [9.17, 15) is 0 Å². The highest BCUT2D eigenvalue weighted by atomic mass is 32.1. The molecule has 68 valence electrons. The minimum Gasteiger partial charge on any atom is -0.192 e. The molecule has 0 bridgehead atoms. The Kier molecular flexibility index (Phi) is 2.18. The van der Waals surface area contributed by atoms with Crippen LogP contribution in [0.15, 0.2) is 35.2 Å². The molecular weight excluding hydrogens is 190 g/mol. The predicted octanol–water partition coefficient (Wildman–Crippen LogP) is 3.31. The monoisotopic (exact) mass is 199 g/mol. The number of rotatable bonds is 0. The maximum atomic E-state index is 8.88. The van der Waals surface area contributed by atoms with Gasteiger partial charge in [-0.2, -0.15) is 5.26 Å². The van der Waals surface area contributed by atoms with E-state index >= 15 is 0 Å². The van der Waals surface area contributed by atoms with E-state index in [0.717, 1.165) is 26.8 Å². The minimum atomic E-state index is 0.733. The Morgan fingerprint density at radius 2 is 2.07 bits per heavy atom. The van der Waals surface area contributed by atoms with Crippen LogP contribution in [0.1, 0.15) is 11.1 Å². The summed E-state index contributed by atoms with van der Waals surface area (Å²) in [6.07, 6.45) is 0. The first-order valence-electron chi connectivity index (χ1n) is 4.35. The summed E-state index contributed by atoms with van der Waals surface area (Å²) in [5, 5.41) is 11.1. The Morgan fingerprint density at radius 3 is 2.79 bits per heavy atom. The second-order valence-corrected chi connectivity index (χ2v) is 3.76. The number of nitrogens with zero attached hydrogens (tertiary/aromatic N) is 1. The molecule has 0 N–H and O–H groups in total. The molecule has 0 aliphatic rings. The smallest absolute Gasteiger partial charge is 0.0994 e. The van der Waals surface area contributed by atoms with Crippen LogP contribution in [0.4, 0.5) is 0 Å². The molecule has 0 heterocycles. The van der Waals surface area contributed by atoms with E-state index in [1.54, 1.807) is 0 Å². The zero-order valence-corrected chi connectivity index (χ0v) is 8.68. The molecule has 2 rings (SSSR count). The standard InChI is InChI=1S/C12H9NS/c1-8-5-11-9(6-10(8)7-13)3-2-4-12(11)14/h2-6,14H,1H3. The summed E-state index contributed by atoms with van der Waals surface area (Å²) in [5.41, 5.74) is 1.73. The average Bonchev–Trinajstić information content (AvgIpc) is 2.19. The fourth-order valence-corrected chi connectivity index (χ4v) is 1.82. The van der Waals surface area contributed by atoms with Gasteiger partial charge in [0.05, 0.1) is 11.6 Å². The maximum absolute atomic E-state index is 8.88. The summed E-state index contributed by atoms with van der Waals surface area (Å²) >= 11 is 4.38. The van der Waals surface area contributed by atoms with Crippen molar-refractivity contribution >= 4 is 23.4 Å². The van der Waals surface area contributed by atoms with Crippen molar-refractivity contribution in [3.8, 4) is 6.07 Å². The molecule has 0 radical (unpaired) electrons. The van der Waals surface area contributed by atoms with Crippen LogP contribution in [0.2, 0.25) is 0 Å². The molecule has 2 aromatic rings. The zero-order chi connectivity index (χ0) is 10.1. The van der Waals surface area contributed by atoms with Crippen molar-refractivity contribution in [3.05, 3.63) is 41.5 Å². The molecule has 0 unspecified atom stereocenters. The Balaban J connectivity index is 2.88. The Morgan fingerprint density at radius 1 is 1.29 bits per heavy atom. The van der Waals surface area contributed by atoms with Crippen LogP contribution in [-0.2, 0) is 0 Å². The number of aryl methyl sites for hydroxylation is 1. The van der Waals surface area contributed by atoms with E-state index in [0.29, 0.717) is 0 Å². The summed E-state index contributed by atoms with van der Waals surface area (Å²) in [7, 11) is 0. The first-order chi connectivity index (χ1) is 6.72. The molecule has 1 nitrogen and oxygen atoms in total. The molecule has 0 atom stereocenters. The van der Waals surface area contributed by atoms with Crippen molar-refractivity contribution in [1.29, 1.82) is 5.26 Å². The number of benzene rings is 2. The van der Waals surface area contributed by atoms with Crippen molar-refractivity contribution in [2.45, 2.75) is 11.8 Å². The van der Waals surface area contributed by atoms with E-state index in [1.807, 2.05) is 37.3 Å². The molecule has 0 saturated heterocycles. The Bertz CT molecular complexity index is 538. The number of fused-ring (bicyclic) bond motifs is 1. The van der Waals surface area contributed by atoms with E-state index in [-0.39, 0.29) is 0 Å². The highest BCUT2D eigenvalue weighted by molar-refractivity contribution is 7.80. The first kappa shape index (κ1) is 9.11. The van der Waals surface area contributed by atoms with Gasteiger partial charge < -0.3 is 0 Å². The Hall–Kier alpha value is -1.46. The van der Waals surface area contributed by atoms with Gasteiger partial charge in [-0.05, 0) is 41.5 Å². The van der Waals surface area contributed by atoms with Gasteiger partial charge in [-0.3, -0.25) is 0 Å². The number of hydrogen-bond acceptors (Lipinski definition) is 2.